The Bertz CT molecular complexity index is 612. The number of urea groups is 1. The molecule has 0 saturated carbocycles. The van der Waals surface area contributed by atoms with Gasteiger partial charge < -0.3 is 15.5 Å². The van der Waals surface area contributed by atoms with E-state index >= 15 is 0 Å². The summed E-state index contributed by atoms with van der Waals surface area (Å²) in [7, 11) is 0. The number of amides is 2. The Morgan fingerprint density at radius 3 is 2.50 bits per heavy atom. The normalized spacial score (nSPS) is 32.6. The second-order valence-corrected chi connectivity index (χ2v) is 4.30. The number of nitrogens with one attached hydrogen (secondary N) is 2. The molecule has 0 spiro atoms. The molecule has 0 aromatic heterocycles. The Hall–Kier alpha value is -2.18. The van der Waals surface area contributed by atoms with Crippen LogP contribution in [0.5, 0.6) is 0 Å². The van der Waals surface area contributed by atoms with Gasteiger partial charge in [0.15, 0.2) is 0 Å². The first-order chi connectivity index (χ1) is 8.44. The van der Waals surface area contributed by atoms with Crippen LogP contribution in [0.4, 0.5) is 4.79 Å². The zero-order valence-corrected chi connectivity index (χ0v) is 9.23. The van der Waals surface area contributed by atoms with Gasteiger partial charge in [-0.15, -0.1) is 0 Å². The van der Waals surface area contributed by atoms with Gasteiger partial charge in [-0.3, -0.25) is 10.1 Å². The van der Waals surface area contributed by atoms with E-state index in [4.69, 9.17) is 0 Å². The molecule has 3 rings (SSSR count). The van der Waals surface area contributed by atoms with Gasteiger partial charge in [-0.25, -0.2) is 4.79 Å². The van der Waals surface area contributed by atoms with Crippen molar-refractivity contribution >= 4 is 17.9 Å². The molecule has 1 aliphatic carbocycles. The summed E-state index contributed by atoms with van der Waals surface area (Å²) < 4.78 is 0. The van der Waals surface area contributed by atoms with Crippen molar-refractivity contribution in [2.24, 2.45) is 0 Å². The van der Waals surface area contributed by atoms with E-state index in [0.29, 0.717) is 5.56 Å². The minimum absolute atomic E-state index is 0.157. The smallest absolute Gasteiger partial charge is 0.320 e. The zero-order chi connectivity index (χ0) is 13.1. The molecule has 1 aromatic carbocycles. The average molecular weight is 246 g/mol. The fraction of sp³-hybridized carbons (Fsp3) is 0.167. The molecule has 0 radical (unpaired) electrons. The highest BCUT2D eigenvalue weighted by molar-refractivity contribution is 6.12. The molecule has 1 heterocycles. The van der Waals surface area contributed by atoms with E-state index in [0.717, 1.165) is 0 Å². The van der Waals surface area contributed by atoms with Gasteiger partial charge in [0.25, 0.3) is 5.72 Å². The molecule has 2 aliphatic rings. The molecule has 6 heteroatoms. The van der Waals surface area contributed by atoms with Crippen molar-refractivity contribution < 1.29 is 19.8 Å². The summed E-state index contributed by atoms with van der Waals surface area (Å²) in [6.45, 7) is 3.58. The van der Waals surface area contributed by atoms with Crippen molar-refractivity contribution in [2.75, 3.05) is 0 Å². The van der Waals surface area contributed by atoms with Crippen molar-refractivity contribution in [1.29, 1.82) is 0 Å². The summed E-state index contributed by atoms with van der Waals surface area (Å²) in [6.07, 6.45) is 1.44. The lowest BCUT2D eigenvalue weighted by atomic mass is 9.96. The van der Waals surface area contributed by atoms with Gasteiger partial charge in [-0.2, -0.15) is 0 Å². The molecule has 2 unspecified atom stereocenters. The SMILES string of the molecule is C=Cc1cccc2c1C1(O)NC(=O)NC1(O)C2=O. The average Bonchev–Trinajstić information content (AvgIpc) is 2.66. The van der Waals surface area contributed by atoms with E-state index in [9.17, 15) is 19.8 Å². The van der Waals surface area contributed by atoms with Crippen LogP contribution in [0.3, 0.4) is 0 Å². The highest BCUT2D eigenvalue weighted by Crippen LogP contribution is 2.45. The molecular formula is C12H10N2O4. The van der Waals surface area contributed by atoms with Gasteiger partial charge in [0.2, 0.25) is 11.5 Å². The van der Waals surface area contributed by atoms with E-state index < -0.39 is 23.3 Å². The minimum Gasteiger partial charge on any atom is -0.363 e. The minimum atomic E-state index is -2.37. The first kappa shape index (κ1) is 10.9. The Balaban J connectivity index is 2.37. The number of ketones is 1. The molecule has 1 saturated heterocycles. The van der Waals surface area contributed by atoms with Crippen LogP contribution in [0.1, 0.15) is 21.5 Å². The molecule has 2 amide bonds. The quantitative estimate of drug-likeness (QED) is 0.545. The van der Waals surface area contributed by atoms with E-state index in [-0.39, 0.29) is 11.1 Å². The molecule has 1 aromatic rings. The maximum atomic E-state index is 12.1. The van der Waals surface area contributed by atoms with Crippen LogP contribution in [0.25, 0.3) is 6.08 Å². The van der Waals surface area contributed by atoms with E-state index in [2.05, 4.69) is 17.2 Å². The fourth-order valence-electron chi connectivity index (χ4n) is 2.53. The Labute approximate surface area is 102 Å². The van der Waals surface area contributed by atoms with Gasteiger partial charge in [0.05, 0.1) is 0 Å². The summed E-state index contributed by atoms with van der Waals surface area (Å²) in [5.41, 5.74) is -3.74. The number of rotatable bonds is 1. The van der Waals surface area contributed by atoms with Gasteiger partial charge >= 0.3 is 6.03 Å². The van der Waals surface area contributed by atoms with Crippen LogP contribution >= 0.6 is 0 Å². The highest BCUT2D eigenvalue weighted by Gasteiger charge is 2.69. The summed E-state index contributed by atoms with van der Waals surface area (Å²) >= 11 is 0. The van der Waals surface area contributed by atoms with E-state index in [1.807, 2.05) is 0 Å². The lowest BCUT2D eigenvalue weighted by molar-refractivity contribution is -0.123. The summed E-state index contributed by atoms with van der Waals surface area (Å²) in [6, 6.07) is 3.92. The van der Waals surface area contributed by atoms with Gasteiger partial charge in [-0.05, 0) is 5.56 Å². The Morgan fingerprint density at radius 1 is 1.17 bits per heavy atom. The summed E-state index contributed by atoms with van der Waals surface area (Å²) in [4.78, 5) is 23.4. The molecule has 92 valence electrons. The standard InChI is InChI=1S/C12H10N2O4/c1-2-6-4-3-5-7-8(6)11(17)12(18,9(7)15)14-10(16)13-11/h2-5,17-18H,1H2,(H2,13,14,16). The third-order valence-electron chi connectivity index (χ3n) is 3.36. The van der Waals surface area contributed by atoms with Crippen LogP contribution in [0, 0.1) is 0 Å². The lowest BCUT2D eigenvalue weighted by Gasteiger charge is -2.28. The number of aliphatic hydroxyl groups is 2. The predicted octanol–water partition coefficient (Wildman–Crippen LogP) is -0.328. The van der Waals surface area contributed by atoms with Crippen LogP contribution in [-0.4, -0.2) is 27.8 Å². The first-order valence-corrected chi connectivity index (χ1v) is 5.30. The number of hydrogen-bond acceptors (Lipinski definition) is 4. The monoisotopic (exact) mass is 246 g/mol. The Kier molecular flexibility index (Phi) is 1.81. The van der Waals surface area contributed by atoms with Crippen LogP contribution in [-0.2, 0) is 5.72 Å². The lowest BCUT2D eigenvalue weighted by Crippen LogP contribution is -2.58. The molecule has 1 fully saturated rings. The molecule has 0 bridgehead atoms. The van der Waals surface area contributed by atoms with Crippen molar-refractivity contribution in [3.63, 3.8) is 0 Å². The number of carbonyl (C=O) groups excluding carboxylic acids is 2. The van der Waals surface area contributed by atoms with Crippen molar-refractivity contribution in [2.45, 2.75) is 11.4 Å². The number of benzene rings is 1. The molecule has 4 N–H and O–H groups in total. The van der Waals surface area contributed by atoms with Crippen LogP contribution in [0.15, 0.2) is 24.8 Å². The summed E-state index contributed by atoms with van der Waals surface area (Å²) in [5, 5.41) is 25.0. The highest BCUT2D eigenvalue weighted by atomic mass is 16.4. The van der Waals surface area contributed by atoms with Crippen LogP contribution in [0.2, 0.25) is 0 Å². The molecular weight excluding hydrogens is 236 g/mol. The number of carbonyl (C=O) groups is 2. The van der Waals surface area contributed by atoms with Gasteiger partial charge in [0, 0.05) is 11.1 Å². The maximum absolute atomic E-state index is 12.1. The number of Topliss-reactive ketones (excluding diaryl/α,β-unsaturated/α-hetero) is 1. The van der Waals surface area contributed by atoms with Crippen molar-refractivity contribution in [3.8, 4) is 0 Å². The van der Waals surface area contributed by atoms with Crippen molar-refractivity contribution in [1.82, 2.24) is 10.6 Å². The summed E-state index contributed by atoms with van der Waals surface area (Å²) in [5.74, 6) is -0.748. The third kappa shape index (κ3) is 0.953. The second kappa shape index (κ2) is 2.98. The van der Waals surface area contributed by atoms with Crippen LogP contribution < -0.4 is 10.6 Å². The fourth-order valence-corrected chi connectivity index (χ4v) is 2.53. The number of fused-ring (bicyclic) bond motifs is 3. The second-order valence-electron chi connectivity index (χ2n) is 4.30. The largest absolute Gasteiger partial charge is 0.363 e. The molecule has 1 aliphatic heterocycles. The predicted molar refractivity (Wildman–Crippen MR) is 61.4 cm³/mol. The molecule has 18 heavy (non-hydrogen) atoms. The number of hydrogen-bond donors (Lipinski definition) is 4. The molecule has 2 atom stereocenters. The Morgan fingerprint density at radius 2 is 1.83 bits per heavy atom. The first-order valence-electron chi connectivity index (χ1n) is 5.30. The van der Waals surface area contributed by atoms with Gasteiger partial charge in [-0.1, -0.05) is 30.9 Å². The molecule has 6 nitrogen and oxygen atoms in total. The van der Waals surface area contributed by atoms with Gasteiger partial charge in [0.1, 0.15) is 0 Å². The van der Waals surface area contributed by atoms with E-state index in [1.165, 1.54) is 12.1 Å². The van der Waals surface area contributed by atoms with Crippen molar-refractivity contribution in [3.05, 3.63) is 41.5 Å². The third-order valence-corrected chi connectivity index (χ3v) is 3.36. The maximum Gasteiger partial charge on any atom is 0.320 e. The topological polar surface area (TPSA) is 98.7 Å². The zero-order valence-electron chi connectivity index (χ0n) is 9.23. The van der Waals surface area contributed by atoms with E-state index in [1.54, 1.807) is 12.1 Å².